The Hall–Kier alpha value is -5.56. The molecular formula is C22H12F6N4O10. The molecule has 0 amide bonds. The molecule has 0 heterocycles. The quantitative estimate of drug-likeness (QED) is 0.140. The first-order valence-corrected chi connectivity index (χ1v) is 10.8. The molecule has 0 fully saturated rings. The van der Waals surface area contributed by atoms with Crippen LogP contribution in [0.3, 0.4) is 0 Å². The molecule has 0 bridgehead atoms. The van der Waals surface area contributed by atoms with Crippen molar-refractivity contribution >= 4 is 22.7 Å². The van der Waals surface area contributed by atoms with Crippen LogP contribution >= 0.6 is 0 Å². The van der Waals surface area contributed by atoms with E-state index >= 15 is 0 Å². The molecule has 3 aromatic rings. The Balaban J connectivity index is 2.23. The highest BCUT2D eigenvalue weighted by atomic mass is 19.4. The van der Waals surface area contributed by atoms with Gasteiger partial charge in [0.1, 0.15) is 11.5 Å². The SMILES string of the molecule is Cc1cc(C)c(Oc2c([N+](=O)[O-])cc(C(F)(F)F)cc2[N+](=O)[O-])cc1Oc1c([N+](=O)[O-])cc(C(F)(F)F)cc1[N+](=O)[O-]. The number of rotatable bonds is 8. The lowest BCUT2D eigenvalue weighted by molar-refractivity contribution is -0.396. The molecule has 3 aromatic carbocycles. The van der Waals surface area contributed by atoms with Gasteiger partial charge in [0.25, 0.3) is 11.5 Å². The molecule has 0 spiro atoms. The summed E-state index contributed by atoms with van der Waals surface area (Å²) in [6, 6.07) is 1.88. The zero-order valence-electron chi connectivity index (χ0n) is 20.6. The predicted octanol–water partition coefficient (Wildman–Crippen LogP) is 7.56. The van der Waals surface area contributed by atoms with Gasteiger partial charge in [-0.05, 0) is 31.0 Å². The summed E-state index contributed by atoms with van der Waals surface area (Å²) in [7, 11) is 0. The highest BCUT2D eigenvalue weighted by Gasteiger charge is 2.40. The Morgan fingerprint density at radius 1 is 0.524 bits per heavy atom. The topological polar surface area (TPSA) is 191 Å². The van der Waals surface area contributed by atoms with Crippen molar-refractivity contribution in [3.8, 4) is 23.0 Å². The number of hydrogen-bond donors (Lipinski definition) is 0. The summed E-state index contributed by atoms with van der Waals surface area (Å²) in [5.74, 6) is -3.61. The minimum absolute atomic E-state index is 0.0157. The van der Waals surface area contributed by atoms with Crippen LogP contribution in [0, 0.1) is 54.3 Å². The van der Waals surface area contributed by atoms with Crippen molar-refractivity contribution < 1.29 is 55.5 Å². The third-order valence-electron chi connectivity index (χ3n) is 5.44. The van der Waals surface area contributed by atoms with E-state index in [1.165, 1.54) is 13.8 Å². The lowest BCUT2D eigenvalue weighted by Crippen LogP contribution is -2.09. The highest BCUT2D eigenvalue weighted by molar-refractivity contribution is 5.66. The van der Waals surface area contributed by atoms with Gasteiger partial charge in [-0.2, -0.15) is 26.3 Å². The van der Waals surface area contributed by atoms with Crippen LogP contribution in [0.25, 0.3) is 0 Å². The number of ether oxygens (including phenoxy) is 2. The van der Waals surface area contributed by atoms with Gasteiger partial charge in [0.15, 0.2) is 0 Å². The average molecular weight is 606 g/mol. The van der Waals surface area contributed by atoms with Crippen LogP contribution < -0.4 is 9.47 Å². The molecule has 0 unspecified atom stereocenters. The van der Waals surface area contributed by atoms with Gasteiger partial charge in [0.2, 0.25) is 0 Å². The number of alkyl halides is 6. The van der Waals surface area contributed by atoms with Gasteiger partial charge in [-0.1, -0.05) is 0 Å². The molecule has 0 N–H and O–H groups in total. The molecule has 0 aliphatic carbocycles. The smallest absolute Gasteiger partial charge is 0.416 e. The van der Waals surface area contributed by atoms with E-state index in [4.69, 9.17) is 9.47 Å². The van der Waals surface area contributed by atoms with E-state index in [9.17, 15) is 66.8 Å². The minimum Gasteiger partial charge on any atom is -0.444 e. The summed E-state index contributed by atoms with van der Waals surface area (Å²) < 4.78 is 89.8. The molecule has 0 saturated heterocycles. The molecule has 0 radical (unpaired) electrons. The van der Waals surface area contributed by atoms with E-state index in [0.29, 0.717) is 0 Å². The Morgan fingerprint density at radius 2 is 0.786 bits per heavy atom. The van der Waals surface area contributed by atoms with Crippen LogP contribution in [0.5, 0.6) is 23.0 Å². The lowest BCUT2D eigenvalue weighted by atomic mass is 10.1. The lowest BCUT2D eigenvalue weighted by Gasteiger charge is -2.16. The maximum atomic E-state index is 13.2. The number of aryl methyl sites for hydroxylation is 2. The standard InChI is InChI=1S/C22H12F6N4O10/c1-9-3-10(2)18(42-20-15(31(37)38)6-12(22(26,27)28)7-16(20)32(39)40)8-17(9)41-19-13(29(33)34)4-11(21(23,24)25)5-14(19)30(35)36/h3-8H,1-2H3. The minimum atomic E-state index is -5.22. The van der Waals surface area contributed by atoms with Gasteiger partial charge < -0.3 is 9.47 Å². The molecule has 0 aliphatic rings. The molecular weight excluding hydrogens is 594 g/mol. The van der Waals surface area contributed by atoms with Gasteiger partial charge in [-0.25, -0.2) is 0 Å². The fourth-order valence-corrected chi connectivity index (χ4v) is 3.53. The first-order chi connectivity index (χ1) is 19.2. The molecule has 222 valence electrons. The third-order valence-corrected chi connectivity index (χ3v) is 5.44. The van der Waals surface area contributed by atoms with Crippen molar-refractivity contribution in [2.75, 3.05) is 0 Å². The summed E-state index contributed by atoms with van der Waals surface area (Å²) in [4.78, 5) is 40.5. The fraction of sp³-hybridized carbons (Fsp3) is 0.182. The third kappa shape index (κ3) is 6.26. The zero-order valence-corrected chi connectivity index (χ0v) is 20.6. The molecule has 0 aliphatic heterocycles. The van der Waals surface area contributed by atoms with E-state index in [-0.39, 0.29) is 35.4 Å². The highest BCUT2D eigenvalue weighted by Crippen LogP contribution is 2.48. The predicted molar refractivity (Wildman–Crippen MR) is 126 cm³/mol. The monoisotopic (exact) mass is 606 g/mol. The van der Waals surface area contributed by atoms with E-state index in [2.05, 4.69) is 0 Å². The number of benzene rings is 3. The van der Waals surface area contributed by atoms with E-state index in [1.807, 2.05) is 0 Å². The summed E-state index contributed by atoms with van der Waals surface area (Å²) in [5, 5.41) is 46.1. The average Bonchev–Trinajstić information content (AvgIpc) is 2.84. The summed E-state index contributed by atoms with van der Waals surface area (Å²) in [5.41, 5.74) is -9.28. The number of hydrogen-bond acceptors (Lipinski definition) is 10. The van der Waals surface area contributed by atoms with Crippen LogP contribution in [-0.4, -0.2) is 19.7 Å². The number of nitrogens with zero attached hydrogens (tertiary/aromatic N) is 4. The van der Waals surface area contributed by atoms with Crippen LogP contribution in [0.15, 0.2) is 36.4 Å². The van der Waals surface area contributed by atoms with Crippen molar-refractivity contribution in [2.45, 2.75) is 26.2 Å². The second-order valence-corrected chi connectivity index (χ2v) is 8.30. The molecule has 20 heteroatoms. The molecule has 0 saturated carbocycles. The Kier molecular flexibility index (Phi) is 7.95. The van der Waals surface area contributed by atoms with Gasteiger partial charge >= 0.3 is 35.1 Å². The number of halogens is 6. The van der Waals surface area contributed by atoms with Gasteiger partial charge in [-0.3, -0.25) is 40.5 Å². The number of nitro groups is 4. The normalized spacial score (nSPS) is 11.6. The van der Waals surface area contributed by atoms with Crippen LogP contribution in [0.1, 0.15) is 22.3 Å². The maximum Gasteiger partial charge on any atom is 0.416 e. The van der Waals surface area contributed by atoms with Gasteiger partial charge in [-0.15, -0.1) is 0 Å². The second-order valence-electron chi connectivity index (χ2n) is 8.30. The fourth-order valence-electron chi connectivity index (χ4n) is 3.53. The van der Waals surface area contributed by atoms with Gasteiger partial charge in [0.05, 0.1) is 30.8 Å². The van der Waals surface area contributed by atoms with Crippen LogP contribution in [0.2, 0.25) is 0 Å². The van der Waals surface area contributed by atoms with E-state index in [0.717, 1.165) is 12.1 Å². The molecule has 14 nitrogen and oxygen atoms in total. The van der Waals surface area contributed by atoms with Crippen molar-refractivity contribution in [3.05, 3.63) is 99.1 Å². The first-order valence-electron chi connectivity index (χ1n) is 10.8. The summed E-state index contributed by atoms with van der Waals surface area (Å²) in [6.45, 7) is 2.55. The molecule has 0 aromatic heterocycles. The Bertz CT molecular complexity index is 1470. The molecule has 0 atom stereocenters. The van der Waals surface area contributed by atoms with Crippen LogP contribution in [0.4, 0.5) is 49.1 Å². The summed E-state index contributed by atoms with van der Waals surface area (Å²) in [6.07, 6.45) is -10.4. The van der Waals surface area contributed by atoms with Crippen molar-refractivity contribution in [2.24, 2.45) is 0 Å². The molecule has 3 rings (SSSR count). The Morgan fingerprint density at radius 3 is 1.00 bits per heavy atom. The molecule has 42 heavy (non-hydrogen) atoms. The van der Waals surface area contributed by atoms with Gasteiger partial charge in [0, 0.05) is 30.3 Å². The summed E-state index contributed by atoms with van der Waals surface area (Å²) >= 11 is 0. The first kappa shape index (κ1) is 31.0. The number of nitro benzene ring substituents is 4. The van der Waals surface area contributed by atoms with Crippen molar-refractivity contribution in [3.63, 3.8) is 0 Å². The van der Waals surface area contributed by atoms with Crippen LogP contribution in [-0.2, 0) is 12.4 Å². The zero-order chi connectivity index (χ0) is 31.9. The van der Waals surface area contributed by atoms with Crippen molar-refractivity contribution in [1.29, 1.82) is 0 Å². The Labute approximate surface area is 227 Å². The maximum absolute atomic E-state index is 13.2. The second kappa shape index (κ2) is 10.8. The largest absolute Gasteiger partial charge is 0.444 e. The van der Waals surface area contributed by atoms with Crippen molar-refractivity contribution in [1.82, 2.24) is 0 Å². The van der Waals surface area contributed by atoms with E-state index in [1.54, 1.807) is 0 Å². The van der Waals surface area contributed by atoms with E-state index < -0.39 is 88.9 Å².